The molecule has 0 amide bonds. The van der Waals surface area contributed by atoms with Crippen molar-refractivity contribution in [2.45, 2.75) is 0 Å². The molecule has 236 valence electrons. The number of benzene rings is 8. The van der Waals surface area contributed by atoms with Gasteiger partial charge in [-0.15, -0.1) is 0 Å². The lowest BCUT2D eigenvalue weighted by Crippen LogP contribution is -1.95. The summed E-state index contributed by atoms with van der Waals surface area (Å²) in [5.41, 5.74) is 15.4. The Morgan fingerprint density at radius 3 is 1.28 bits per heavy atom. The summed E-state index contributed by atoms with van der Waals surface area (Å²) in [7, 11) is 0. The monoisotopic (exact) mass is 638 g/mol. The first-order chi connectivity index (χ1) is 24.8. The van der Waals surface area contributed by atoms with Gasteiger partial charge in [-0.3, -0.25) is 0 Å². The van der Waals surface area contributed by atoms with Crippen molar-refractivity contribution in [3.63, 3.8) is 0 Å². The summed E-state index contributed by atoms with van der Waals surface area (Å²) in [6, 6.07) is 71.6. The average molecular weight is 639 g/mol. The summed E-state index contributed by atoms with van der Waals surface area (Å²) >= 11 is 0. The van der Waals surface area contributed by atoms with E-state index in [1.165, 1.54) is 72.0 Å². The average Bonchev–Trinajstić information content (AvgIpc) is 3.54. The number of anilines is 2. The standard InChI is InChI=1S/C48H34N2/c1-3-10-34(11-4-1)38-26-30-41(31-27-38)49-42-32-28-39(29-33-42)36-20-18-35(19-21-36)37-22-24-40(25-23-37)44-15-9-16-46-45-14-7-8-17-47(45)50(48(44)46)43-12-5-2-6-13-43/h1-33,49H. The van der Waals surface area contributed by atoms with Crippen LogP contribution in [0, 0.1) is 0 Å². The van der Waals surface area contributed by atoms with Gasteiger partial charge in [0.15, 0.2) is 0 Å². The molecule has 0 aliphatic heterocycles. The van der Waals surface area contributed by atoms with Crippen LogP contribution < -0.4 is 5.32 Å². The Kier molecular flexibility index (Phi) is 7.53. The number of hydrogen-bond acceptors (Lipinski definition) is 1. The fourth-order valence-corrected chi connectivity index (χ4v) is 7.08. The molecule has 0 aliphatic rings. The zero-order valence-corrected chi connectivity index (χ0v) is 27.5. The predicted molar refractivity (Wildman–Crippen MR) is 212 cm³/mol. The molecule has 0 atom stereocenters. The second kappa shape index (κ2) is 12.8. The highest BCUT2D eigenvalue weighted by atomic mass is 15.0. The molecular formula is C48H34N2. The third kappa shape index (κ3) is 5.53. The summed E-state index contributed by atoms with van der Waals surface area (Å²) in [6.45, 7) is 0. The SMILES string of the molecule is c1ccc(-c2ccc(Nc3ccc(-c4ccc(-c5ccc(-c6cccc7c8ccccc8n(-c8ccccc8)c67)cc5)cc4)cc3)cc2)cc1. The van der Waals surface area contributed by atoms with Crippen molar-refractivity contribution in [1.82, 2.24) is 4.57 Å². The molecule has 0 spiro atoms. The molecule has 0 radical (unpaired) electrons. The van der Waals surface area contributed by atoms with Crippen molar-refractivity contribution in [2.75, 3.05) is 5.32 Å². The van der Waals surface area contributed by atoms with Crippen LogP contribution in [0.15, 0.2) is 200 Å². The van der Waals surface area contributed by atoms with E-state index in [2.05, 4.69) is 204 Å². The maximum absolute atomic E-state index is 3.53. The van der Waals surface area contributed by atoms with Crippen LogP contribution in [0.3, 0.4) is 0 Å². The highest BCUT2D eigenvalue weighted by Gasteiger charge is 2.16. The maximum Gasteiger partial charge on any atom is 0.0619 e. The Labute approximate surface area is 292 Å². The van der Waals surface area contributed by atoms with Gasteiger partial charge in [0.05, 0.1) is 11.0 Å². The maximum atomic E-state index is 3.53. The van der Waals surface area contributed by atoms with E-state index in [9.17, 15) is 0 Å². The molecule has 1 N–H and O–H groups in total. The lowest BCUT2D eigenvalue weighted by atomic mass is 9.97. The molecule has 9 rings (SSSR count). The minimum absolute atomic E-state index is 1.07. The van der Waals surface area contributed by atoms with Gasteiger partial charge < -0.3 is 9.88 Å². The van der Waals surface area contributed by atoms with Gasteiger partial charge in [-0.1, -0.05) is 158 Å². The zero-order valence-electron chi connectivity index (χ0n) is 27.5. The van der Waals surface area contributed by atoms with E-state index < -0.39 is 0 Å². The van der Waals surface area contributed by atoms with Gasteiger partial charge in [-0.2, -0.15) is 0 Å². The van der Waals surface area contributed by atoms with E-state index >= 15 is 0 Å². The zero-order chi connectivity index (χ0) is 33.3. The van der Waals surface area contributed by atoms with Gasteiger partial charge in [0, 0.05) is 33.4 Å². The van der Waals surface area contributed by atoms with Crippen LogP contribution in [0.1, 0.15) is 0 Å². The summed E-state index contributed by atoms with van der Waals surface area (Å²) in [6.07, 6.45) is 0. The quantitative estimate of drug-likeness (QED) is 0.184. The van der Waals surface area contributed by atoms with Crippen LogP contribution in [0.25, 0.3) is 72.0 Å². The smallest absolute Gasteiger partial charge is 0.0619 e. The lowest BCUT2D eigenvalue weighted by molar-refractivity contribution is 1.18. The van der Waals surface area contributed by atoms with Crippen molar-refractivity contribution >= 4 is 33.2 Å². The first-order valence-corrected chi connectivity index (χ1v) is 17.1. The molecule has 1 aromatic heterocycles. The molecule has 0 fully saturated rings. The number of nitrogens with one attached hydrogen (secondary N) is 1. The van der Waals surface area contributed by atoms with Crippen LogP contribution >= 0.6 is 0 Å². The largest absolute Gasteiger partial charge is 0.356 e. The van der Waals surface area contributed by atoms with Crippen LogP contribution in [-0.4, -0.2) is 4.57 Å². The molecule has 9 aromatic rings. The molecule has 50 heavy (non-hydrogen) atoms. The number of fused-ring (bicyclic) bond motifs is 3. The second-order valence-corrected chi connectivity index (χ2v) is 12.7. The molecule has 0 bridgehead atoms. The van der Waals surface area contributed by atoms with Crippen molar-refractivity contribution in [3.05, 3.63) is 200 Å². The number of nitrogens with zero attached hydrogens (tertiary/aromatic N) is 1. The minimum atomic E-state index is 1.07. The molecule has 8 aromatic carbocycles. The van der Waals surface area contributed by atoms with Gasteiger partial charge in [0.2, 0.25) is 0 Å². The third-order valence-corrected chi connectivity index (χ3v) is 9.62. The third-order valence-electron chi connectivity index (χ3n) is 9.62. The number of para-hydroxylation sites is 3. The fourth-order valence-electron chi connectivity index (χ4n) is 7.08. The number of aromatic nitrogens is 1. The first-order valence-electron chi connectivity index (χ1n) is 17.1. The molecule has 0 unspecified atom stereocenters. The Balaban J connectivity index is 0.945. The molecule has 2 heteroatoms. The summed E-state index contributed by atoms with van der Waals surface area (Å²) < 4.78 is 2.40. The van der Waals surface area contributed by atoms with Crippen molar-refractivity contribution in [3.8, 4) is 50.2 Å². The van der Waals surface area contributed by atoms with Crippen LogP contribution in [-0.2, 0) is 0 Å². The predicted octanol–water partition coefficient (Wildman–Crippen LogP) is 13.2. The molecule has 0 aliphatic carbocycles. The van der Waals surface area contributed by atoms with Crippen LogP contribution in [0.4, 0.5) is 11.4 Å². The molecule has 2 nitrogen and oxygen atoms in total. The van der Waals surface area contributed by atoms with E-state index in [-0.39, 0.29) is 0 Å². The van der Waals surface area contributed by atoms with Crippen molar-refractivity contribution < 1.29 is 0 Å². The fraction of sp³-hybridized carbons (Fsp3) is 0. The Morgan fingerprint density at radius 2 is 0.720 bits per heavy atom. The molecule has 0 saturated heterocycles. The topological polar surface area (TPSA) is 17.0 Å². The highest BCUT2D eigenvalue weighted by molar-refractivity contribution is 6.13. The molecular weight excluding hydrogens is 605 g/mol. The summed E-state index contributed by atoms with van der Waals surface area (Å²) in [5.74, 6) is 0. The number of rotatable bonds is 7. The summed E-state index contributed by atoms with van der Waals surface area (Å²) in [5, 5.41) is 6.07. The van der Waals surface area contributed by atoms with Crippen molar-refractivity contribution in [1.29, 1.82) is 0 Å². The molecule has 1 heterocycles. The number of hydrogen-bond donors (Lipinski definition) is 1. The van der Waals surface area contributed by atoms with Gasteiger partial charge >= 0.3 is 0 Å². The van der Waals surface area contributed by atoms with Crippen molar-refractivity contribution in [2.24, 2.45) is 0 Å². The Bertz CT molecular complexity index is 2550. The first kappa shape index (κ1) is 29.5. The Hall–Kier alpha value is -6.64. The van der Waals surface area contributed by atoms with Gasteiger partial charge in [0.25, 0.3) is 0 Å². The van der Waals surface area contributed by atoms with Gasteiger partial charge in [-0.25, -0.2) is 0 Å². The second-order valence-electron chi connectivity index (χ2n) is 12.7. The van der Waals surface area contributed by atoms with E-state index in [0.29, 0.717) is 0 Å². The normalized spacial score (nSPS) is 11.2. The van der Waals surface area contributed by atoms with E-state index in [0.717, 1.165) is 11.4 Å². The molecule has 0 saturated carbocycles. The van der Waals surface area contributed by atoms with Gasteiger partial charge in [-0.05, 0) is 81.4 Å². The lowest BCUT2D eigenvalue weighted by Gasteiger charge is -2.12. The summed E-state index contributed by atoms with van der Waals surface area (Å²) in [4.78, 5) is 0. The van der Waals surface area contributed by atoms with Gasteiger partial charge in [0.1, 0.15) is 0 Å². The van der Waals surface area contributed by atoms with Crippen LogP contribution in [0.2, 0.25) is 0 Å². The van der Waals surface area contributed by atoms with E-state index in [4.69, 9.17) is 0 Å². The highest BCUT2D eigenvalue weighted by Crippen LogP contribution is 2.38. The van der Waals surface area contributed by atoms with E-state index in [1.54, 1.807) is 0 Å². The Morgan fingerprint density at radius 1 is 0.300 bits per heavy atom. The minimum Gasteiger partial charge on any atom is -0.356 e. The van der Waals surface area contributed by atoms with Crippen LogP contribution in [0.5, 0.6) is 0 Å². The van der Waals surface area contributed by atoms with E-state index in [1.807, 2.05) is 6.07 Å².